The molecule has 0 spiro atoms. The highest BCUT2D eigenvalue weighted by Crippen LogP contribution is 2.40. The van der Waals surface area contributed by atoms with Crippen molar-refractivity contribution in [1.82, 2.24) is 0 Å². The van der Waals surface area contributed by atoms with E-state index in [0.717, 1.165) is 27.9 Å². The van der Waals surface area contributed by atoms with Crippen LogP contribution in [-0.2, 0) is 9.59 Å². The Morgan fingerprint density at radius 2 is 1.21 bits per heavy atom. The molecule has 4 atom stereocenters. The fourth-order valence-electron chi connectivity index (χ4n) is 5.86. The number of aliphatic hydroxyl groups is 2. The third kappa shape index (κ3) is 11.8. The minimum Gasteiger partial charge on any atom is -0.385 e. The smallest absolute Gasteiger partial charge is 0.187 e. The molecule has 47 heavy (non-hydrogen) atoms. The van der Waals surface area contributed by atoms with Crippen LogP contribution in [0.25, 0.3) is 0 Å². The Bertz CT molecular complexity index is 1560. The molecule has 0 aromatic heterocycles. The molecule has 2 aliphatic carbocycles. The van der Waals surface area contributed by atoms with E-state index in [1.165, 1.54) is 0 Å². The number of allylic oxidation sites excluding steroid dienone is 18. The van der Waals surface area contributed by atoms with Gasteiger partial charge in [-0.05, 0) is 81.9 Å². The average Bonchev–Trinajstić information content (AvgIpc) is 2.98. The molecule has 2 rings (SSSR count). The maximum Gasteiger partial charge on any atom is 0.187 e. The summed E-state index contributed by atoms with van der Waals surface area (Å²) in [5, 5.41) is 20.0. The van der Waals surface area contributed by atoms with Gasteiger partial charge in [-0.3, -0.25) is 9.59 Å². The van der Waals surface area contributed by atoms with Crippen LogP contribution in [0, 0.1) is 34.5 Å². The van der Waals surface area contributed by atoms with Gasteiger partial charge in [0.15, 0.2) is 11.6 Å². The van der Waals surface area contributed by atoms with Crippen LogP contribution in [0.4, 0.5) is 0 Å². The second kappa shape index (κ2) is 17.4. The molecule has 0 fully saturated rings. The van der Waals surface area contributed by atoms with Crippen LogP contribution in [0.2, 0.25) is 0 Å². The second-order valence-electron chi connectivity index (χ2n) is 14.5. The molecule has 0 saturated carbocycles. The molecule has 252 valence electrons. The number of Topliss-reactive ketones (excluding diaryl/α,β-unsaturated/α-hetero) is 2. The lowest BCUT2D eigenvalue weighted by molar-refractivity contribution is -0.126. The van der Waals surface area contributed by atoms with E-state index in [-0.39, 0.29) is 22.4 Å². The predicted octanol–water partition coefficient (Wildman–Crippen LogP) is 9.23. The van der Waals surface area contributed by atoms with E-state index < -0.39 is 12.2 Å². The Morgan fingerprint density at radius 1 is 0.723 bits per heavy atom. The van der Waals surface area contributed by atoms with Gasteiger partial charge in [-0.15, -0.1) is 0 Å². The molecule has 0 saturated heterocycles. The summed E-state index contributed by atoms with van der Waals surface area (Å²) in [6.45, 7) is 22.3. The first-order valence-electron chi connectivity index (χ1n) is 16.7. The molecule has 0 aromatic rings. The monoisotopic (exact) mass is 636 g/mol. The van der Waals surface area contributed by atoms with Gasteiger partial charge in [0.05, 0.1) is 0 Å². The lowest BCUT2D eigenvalue weighted by Gasteiger charge is -2.34. The fraction of sp³-hybridized carbons (Fsp3) is 0.442. The number of rotatable bonds is 10. The molecule has 0 radical (unpaired) electrons. The van der Waals surface area contributed by atoms with Crippen molar-refractivity contribution in [3.05, 3.63) is 118 Å². The van der Waals surface area contributed by atoms with Crippen LogP contribution >= 0.6 is 0 Å². The van der Waals surface area contributed by atoms with E-state index in [1.54, 1.807) is 13.8 Å². The molecular formula is C43H56O4. The zero-order chi connectivity index (χ0) is 35.5. The van der Waals surface area contributed by atoms with Crippen LogP contribution < -0.4 is 0 Å². The number of hydrogen-bond donors (Lipinski definition) is 2. The predicted molar refractivity (Wildman–Crippen MR) is 197 cm³/mol. The highest BCUT2D eigenvalue weighted by Gasteiger charge is 2.38. The molecular weight excluding hydrogens is 580 g/mol. The Kier molecular flexibility index (Phi) is 14.6. The van der Waals surface area contributed by atoms with Crippen molar-refractivity contribution < 1.29 is 19.8 Å². The molecule has 1 unspecified atom stereocenters. The first-order chi connectivity index (χ1) is 21.9. The number of ketones is 2. The summed E-state index contributed by atoms with van der Waals surface area (Å²) >= 11 is 0. The number of aliphatic hydroxyl groups excluding tert-OH is 2. The van der Waals surface area contributed by atoms with Crippen molar-refractivity contribution >= 4 is 11.6 Å². The molecule has 0 amide bonds. The third-order valence-corrected chi connectivity index (χ3v) is 9.17. The average molecular weight is 637 g/mol. The minimum atomic E-state index is -0.933. The van der Waals surface area contributed by atoms with Crippen molar-refractivity contribution in [3.63, 3.8) is 0 Å². The zero-order valence-corrected chi connectivity index (χ0v) is 30.4. The van der Waals surface area contributed by atoms with Gasteiger partial charge in [-0.1, -0.05) is 143 Å². The maximum atomic E-state index is 12.3. The number of carbonyl (C=O) groups excluding carboxylic acids is 2. The largest absolute Gasteiger partial charge is 0.385 e. The highest BCUT2D eigenvalue weighted by atomic mass is 16.3. The van der Waals surface area contributed by atoms with Crippen molar-refractivity contribution in [2.45, 2.75) is 101 Å². The SMILES string of the molecule is CC1=C(C#C/C=C/C(C)[C@H](C)/C=C/C(C)=C/C=C/C=C(C)/C=C/C=C(C)/C=C/C2=C(C)C(=O)[C@@H](O)CC2(C)C)C(C)(C)C[C@H](O)C1=O. The van der Waals surface area contributed by atoms with Gasteiger partial charge >= 0.3 is 0 Å². The van der Waals surface area contributed by atoms with Gasteiger partial charge in [0.25, 0.3) is 0 Å². The van der Waals surface area contributed by atoms with E-state index in [9.17, 15) is 19.8 Å². The molecule has 2 N–H and O–H groups in total. The lowest BCUT2D eigenvalue weighted by atomic mass is 9.71. The molecule has 0 aromatic carbocycles. The topological polar surface area (TPSA) is 74.6 Å². The quantitative estimate of drug-likeness (QED) is 0.185. The van der Waals surface area contributed by atoms with E-state index in [2.05, 4.69) is 89.8 Å². The normalized spacial score (nSPS) is 24.4. The van der Waals surface area contributed by atoms with Gasteiger partial charge in [0.1, 0.15) is 12.2 Å². The van der Waals surface area contributed by atoms with Gasteiger partial charge in [-0.25, -0.2) is 0 Å². The summed E-state index contributed by atoms with van der Waals surface area (Å²) in [6.07, 6.45) is 25.7. The van der Waals surface area contributed by atoms with Crippen LogP contribution in [0.5, 0.6) is 0 Å². The Morgan fingerprint density at radius 3 is 1.83 bits per heavy atom. The molecule has 0 bridgehead atoms. The summed E-state index contributed by atoms with van der Waals surface area (Å²) in [4.78, 5) is 24.5. The van der Waals surface area contributed by atoms with Crippen LogP contribution in [0.1, 0.15) is 89.0 Å². The highest BCUT2D eigenvalue weighted by molar-refractivity contribution is 6.01. The first-order valence-corrected chi connectivity index (χ1v) is 16.7. The summed E-state index contributed by atoms with van der Waals surface area (Å²) in [7, 11) is 0. The molecule has 2 aliphatic rings. The summed E-state index contributed by atoms with van der Waals surface area (Å²) < 4.78 is 0. The second-order valence-corrected chi connectivity index (χ2v) is 14.5. The molecule has 0 heterocycles. The fourth-order valence-corrected chi connectivity index (χ4v) is 5.86. The van der Waals surface area contributed by atoms with Gasteiger partial charge in [0, 0.05) is 16.6 Å². The van der Waals surface area contributed by atoms with Crippen molar-refractivity contribution in [2.24, 2.45) is 22.7 Å². The van der Waals surface area contributed by atoms with Gasteiger partial charge in [0.2, 0.25) is 0 Å². The van der Waals surface area contributed by atoms with Crippen LogP contribution in [0.15, 0.2) is 118 Å². The van der Waals surface area contributed by atoms with Crippen molar-refractivity contribution in [2.75, 3.05) is 0 Å². The van der Waals surface area contributed by atoms with Crippen molar-refractivity contribution in [3.8, 4) is 11.8 Å². The summed E-state index contributed by atoms with van der Waals surface area (Å²) in [6, 6.07) is 0. The first kappa shape index (κ1) is 39.4. The van der Waals surface area contributed by atoms with Gasteiger partial charge in [-0.2, -0.15) is 0 Å². The van der Waals surface area contributed by atoms with Crippen LogP contribution in [-0.4, -0.2) is 34.0 Å². The zero-order valence-electron chi connectivity index (χ0n) is 30.4. The number of carbonyl (C=O) groups is 2. The van der Waals surface area contributed by atoms with E-state index in [4.69, 9.17) is 0 Å². The van der Waals surface area contributed by atoms with Gasteiger partial charge < -0.3 is 10.2 Å². The van der Waals surface area contributed by atoms with Crippen molar-refractivity contribution in [1.29, 1.82) is 0 Å². The van der Waals surface area contributed by atoms with Crippen LogP contribution in [0.3, 0.4) is 0 Å². The number of hydrogen-bond acceptors (Lipinski definition) is 4. The minimum absolute atomic E-state index is 0.174. The Balaban J connectivity index is 1.92. The Labute approximate surface area is 284 Å². The van der Waals surface area contributed by atoms with E-state index >= 15 is 0 Å². The maximum absolute atomic E-state index is 12.3. The molecule has 0 aliphatic heterocycles. The van der Waals surface area contributed by atoms with E-state index in [0.29, 0.717) is 35.8 Å². The summed E-state index contributed by atoms with van der Waals surface area (Å²) in [5.74, 6) is 6.52. The standard InChI is InChI=1S/C43H56O4/c1-29(19-16-20-31(3)24-26-37-35(7)41(47)39(45)28-43(37,10)11)17-12-13-18-30(2)23-25-33(5)32(4)21-14-15-22-36-34(6)40(46)38(44)27-42(36,8)9/h12-14,16-21,23-26,32-33,38-39,44-45H,27-28H2,1-11H3/b13-12+,19-16+,21-14+,25-23+,26-24+,29-17+,30-18+,31-20+/t32?,33-,38+,39+/m1/s1. The lowest BCUT2D eigenvalue weighted by Crippen LogP contribution is -2.35. The van der Waals surface area contributed by atoms with E-state index in [1.807, 2.05) is 63.3 Å². The summed E-state index contributed by atoms with van der Waals surface area (Å²) in [5.41, 5.74) is 5.82. The molecule has 4 heteroatoms. The molecule has 4 nitrogen and oxygen atoms in total. The third-order valence-electron chi connectivity index (χ3n) is 9.17. The Hall–Kier alpha value is -3.78.